The van der Waals surface area contributed by atoms with Crippen molar-refractivity contribution in [2.75, 3.05) is 45.2 Å². The van der Waals surface area contributed by atoms with Gasteiger partial charge in [0.2, 0.25) is 5.91 Å². The Bertz CT molecular complexity index is 260. The molecule has 0 N–H and O–H groups in total. The number of nitrogens with zero attached hydrogens (tertiary/aromatic N) is 2. The first-order valence-corrected chi connectivity index (χ1v) is 7.62. The molecule has 0 aromatic rings. The van der Waals surface area contributed by atoms with Crippen molar-refractivity contribution in [1.82, 2.24) is 9.80 Å². The van der Waals surface area contributed by atoms with E-state index >= 15 is 0 Å². The fraction of sp³-hybridized carbons (Fsp3) is 0.923. The van der Waals surface area contributed by atoms with Gasteiger partial charge in [-0.15, -0.1) is 0 Å². The summed E-state index contributed by atoms with van der Waals surface area (Å²) < 4.78 is 0. The van der Waals surface area contributed by atoms with Crippen LogP contribution >= 0.6 is 11.8 Å². The van der Waals surface area contributed by atoms with Gasteiger partial charge in [-0.25, -0.2) is 0 Å². The van der Waals surface area contributed by atoms with Gasteiger partial charge in [-0.05, 0) is 37.6 Å². The second-order valence-corrected chi connectivity index (χ2v) is 6.71. The molecule has 1 rings (SSSR count). The zero-order valence-electron chi connectivity index (χ0n) is 11.7. The van der Waals surface area contributed by atoms with Gasteiger partial charge in [-0.2, -0.15) is 11.8 Å². The maximum atomic E-state index is 11.9. The largest absolute Gasteiger partial charge is 0.344 e. The van der Waals surface area contributed by atoms with Crippen LogP contribution < -0.4 is 0 Å². The third-order valence-electron chi connectivity index (χ3n) is 3.37. The third-order valence-corrected chi connectivity index (χ3v) is 4.52. The van der Waals surface area contributed by atoms with Crippen molar-refractivity contribution in [3.05, 3.63) is 0 Å². The summed E-state index contributed by atoms with van der Waals surface area (Å²) in [6.07, 6.45) is 2.34. The van der Waals surface area contributed by atoms with Crippen molar-refractivity contribution in [2.24, 2.45) is 5.41 Å². The summed E-state index contributed by atoms with van der Waals surface area (Å²) in [6, 6.07) is 0. The van der Waals surface area contributed by atoms with Gasteiger partial charge in [0.05, 0.1) is 5.75 Å². The fourth-order valence-corrected chi connectivity index (χ4v) is 3.30. The number of likely N-dealkylation sites (tertiary alicyclic amines) is 1. The molecular formula is C13H26N2OS. The van der Waals surface area contributed by atoms with Gasteiger partial charge in [0, 0.05) is 20.1 Å². The molecule has 0 bridgehead atoms. The molecular weight excluding hydrogens is 232 g/mol. The molecule has 1 amide bonds. The fourth-order valence-electron chi connectivity index (χ4n) is 2.47. The zero-order valence-corrected chi connectivity index (χ0v) is 12.5. The molecule has 1 aliphatic heterocycles. The number of carbonyl (C=O) groups excluding carboxylic acids is 1. The molecule has 0 saturated carbocycles. The van der Waals surface area contributed by atoms with Crippen molar-refractivity contribution < 1.29 is 4.79 Å². The minimum Gasteiger partial charge on any atom is -0.344 e. The highest BCUT2D eigenvalue weighted by atomic mass is 32.2. The SMILES string of the molecule is CCCSCC(=O)N(C)C[C@@]1(C)CCN(C)C1. The number of rotatable bonds is 6. The van der Waals surface area contributed by atoms with Crippen molar-refractivity contribution in [3.8, 4) is 0 Å². The van der Waals surface area contributed by atoms with Crippen molar-refractivity contribution >= 4 is 17.7 Å². The topological polar surface area (TPSA) is 23.6 Å². The Morgan fingerprint density at radius 3 is 2.76 bits per heavy atom. The smallest absolute Gasteiger partial charge is 0.232 e. The Morgan fingerprint density at radius 2 is 2.24 bits per heavy atom. The van der Waals surface area contributed by atoms with Crippen LogP contribution in [0.25, 0.3) is 0 Å². The van der Waals surface area contributed by atoms with Gasteiger partial charge in [0.1, 0.15) is 0 Å². The molecule has 1 atom stereocenters. The number of hydrogen-bond acceptors (Lipinski definition) is 3. The summed E-state index contributed by atoms with van der Waals surface area (Å²) in [5.41, 5.74) is 0.286. The Kier molecular flexibility index (Phi) is 5.80. The van der Waals surface area contributed by atoms with Crippen LogP contribution in [0.3, 0.4) is 0 Å². The summed E-state index contributed by atoms with van der Waals surface area (Å²) in [5.74, 6) is 2.00. The van der Waals surface area contributed by atoms with Gasteiger partial charge in [0.15, 0.2) is 0 Å². The number of amides is 1. The molecule has 0 aliphatic carbocycles. The predicted molar refractivity (Wildman–Crippen MR) is 75.5 cm³/mol. The van der Waals surface area contributed by atoms with Crippen molar-refractivity contribution in [2.45, 2.75) is 26.7 Å². The van der Waals surface area contributed by atoms with Gasteiger partial charge in [-0.3, -0.25) is 4.79 Å². The minimum absolute atomic E-state index is 0.277. The predicted octanol–water partition coefficient (Wildman–Crippen LogP) is 1.93. The summed E-state index contributed by atoms with van der Waals surface area (Å²) in [6.45, 7) is 7.59. The Labute approximate surface area is 110 Å². The third kappa shape index (κ3) is 4.88. The Morgan fingerprint density at radius 1 is 1.53 bits per heavy atom. The van der Waals surface area contributed by atoms with Crippen LogP contribution in [0.2, 0.25) is 0 Å². The standard InChI is InChI=1S/C13H26N2OS/c1-5-8-17-9-12(16)15(4)11-13(2)6-7-14(3)10-13/h5-11H2,1-4H3/t13-/m0/s1. The summed E-state index contributed by atoms with van der Waals surface area (Å²) in [4.78, 5) is 16.2. The molecule has 100 valence electrons. The molecule has 0 aromatic carbocycles. The first kappa shape index (κ1) is 14.8. The lowest BCUT2D eigenvalue weighted by molar-refractivity contribution is -0.128. The van der Waals surface area contributed by atoms with Crippen LogP contribution in [0.1, 0.15) is 26.7 Å². The molecule has 0 aromatic heterocycles. The molecule has 0 radical (unpaired) electrons. The van der Waals surface area contributed by atoms with Gasteiger partial charge < -0.3 is 9.80 Å². The average molecular weight is 258 g/mol. The maximum Gasteiger partial charge on any atom is 0.232 e. The minimum atomic E-state index is 0.277. The Balaban J connectivity index is 2.32. The molecule has 1 heterocycles. The lowest BCUT2D eigenvalue weighted by atomic mass is 9.89. The van der Waals surface area contributed by atoms with Crippen LogP contribution in [-0.4, -0.2) is 60.9 Å². The average Bonchev–Trinajstić information content (AvgIpc) is 2.58. The molecule has 0 unspecified atom stereocenters. The van der Waals surface area contributed by atoms with E-state index in [1.807, 2.05) is 11.9 Å². The highest BCUT2D eigenvalue weighted by Crippen LogP contribution is 2.29. The first-order valence-electron chi connectivity index (χ1n) is 6.47. The van der Waals surface area contributed by atoms with Crippen LogP contribution in [0.15, 0.2) is 0 Å². The second kappa shape index (κ2) is 6.64. The summed E-state index contributed by atoms with van der Waals surface area (Å²) >= 11 is 1.75. The molecule has 0 spiro atoms. The maximum absolute atomic E-state index is 11.9. The van der Waals surface area contributed by atoms with Crippen molar-refractivity contribution in [1.29, 1.82) is 0 Å². The first-order chi connectivity index (χ1) is 7.97. The van der Waals surface area contributed by atoms with Gasteiger partial charge in [0.25, 0.3) is 0 Å². The summed E-state index contributed by atoms with van der Waals surface area (Å²) in [5, 5.41) is 0. The highest BCUT2D eigenvalue weighted by molar-refractivity contribution is 7.99. The van der Waals surface area contributed by atoms with E-state index in [4.69, 9.17) is 0 Å². The van der Waals surface area contributed by atoms with E-state index in [1.165, 1.54) is 6.42 Å². The lowest BCUT2D eigenvalue weighted by Crippen LogP contribution is -2.39. The van der Waals surface area contributed by atoms with E-state index in [2.05, 4.69) is 25.8 Å². The highest BCUT2D eigenvalue weighted by Gasteiger charge is 2.33. The molecule has 1 saturated heterocycles. The van der Waals surface area contributed by atoms with Crippen LogP contribution in [-0.2, 0) is 4.79 Å². The quantitative estimate of drug-likeness (QED) is 0.680. The van der Waals surface area contributed by atoms with Crippen LogP contribution in [0.4, 0.5) is 0 Å². The van der Waals surface area contributed by atoms with E-state index in [0.717, 1.165) is 31.8 Å². The monoisotopic (exact) mass is 258 g/mol. The Hall–Kier alpha value is -0.220. The van der Waals surface area contributed by atoms with Crippen molar-refractivity contribution in [3.63, 3.8) is 0 Å². The van der Waals surface area contributed by atoms with Gasteiger partial charge >= 0.3 is 0 Å². The molecule has 4 heteroatoms. The summed E-state index contributed by atoms with van der Waals surface area (Å²) in [7, 11) is 4.10. The van der Waals surface area contributed by atoms with Crippen LogP contribution in [0, 0.1) is 5.41 Å². The molecule has 17 heavy (non-hydrogen) atoms. The van der Waals surface area contributed by atoms with E-state index in [1.54, 1.807) is 11.8 Å². The van der Waals surface area contributed by atoms with E-state index < -0.39 is 0 Å². The van der Waals surface area contributed by atoms with Crippen LogP contribution in [0.5, 0.6) is 0 Å². The number of thioether (sulfide) groups is 1. The molecule has 3 nitrogen and oxygen atoms in total. The van der Waals surface area contributed by atoms with E-state index in [9.17, 15) is 4.79 Å². The molecule has 1 fully saturated rings. The van der Waals surface area contributed by atoms with E-state index in [0.29, 0.717) is 5.75 Å². The van der Waals surface area contributed by atoms with E-state index in [-0.39, 0.29) is 11.3 Å². The normalized spacial score (nSPS) is 25.2. The zero-order chi connectivity index (χ0) is 12.9. The molecule has 1 aliphatic rings. The second-order valence-electron chi connectivity index (χ2n) is 5.60. The lowest BCUT2D eigenvalue weighted by Gasteiger charge is -2.29. The van der Waals surface area contributed by atoms with Gasteiger partial charge in [-0.1, -0.05) is 13.8 Å². The number of hydrogen-bond donors (Lipinski definition) is 0. The number of carbonyl (C=O) groups is 1.